The molecule has 0 aliphatic carbocycles. The van der Waals surface area contributed by atoms with Crippen LogP contribution < -0.4 is 10.1 Å². The number of hydrogen-bond donors (Lipinski definition) is 2. The summed E-state index contributed by atoms with van der Waals surface area (Å²) < 4.78 is 6.20. The van der Waals surface area contributed by atoms with Crippen LogP contribution in [-0.4, -0.2) is 22.2 Å². The Bertz CT molecular complexity index is 912. The lowest BCUT2D eigenvalue weighted by Gasteiger charge is -2.15. The average molecular weight is 386 g/mol. The molecular weight excluding hydrogens is 370 g/mol. The SMILES string of the molecule is C=CCc1c(O)c(OC)cc2ncnc(Nc3cccc(Br)c3)c12. The molecular formula is C18H16BrN3O2. The molecule has 1 heterocycles. The first kappa shape index (κ1) is 16.3. The van der Waals surface area contributed by atoms with Crippen molar-refractivity contribution in [1.82, 2.24) is 9.97 Å². The van der Waals surface area contributed by atoms with E-state index in [9.17, 15) is 5.11 Å². The highest BCUT2D eigenvalue weighted by atomic mass is 79.9. The van der Waals surface area contributed by atoms with Crippen molar-refractivity contribution in [3.8, 4) is 11.5 Å². The van der Waals surface area contributed by atoms with Crippen molar-refractivity contribution < 1.29 is 9.84 Å². The van der Waals surface area contributed by atoms with E-state index in [1.165, 1.54) is 13.4 Å². The molecule has 6 heteroatoms. The van der Waals surface area contributed by atoms with Gasteiger partial charge in [-0.1, -0.05) is 28.1 Å². The summed E-state index contributed by atoms with van der Waals surface area (Å²) in [5.41, 5.74) is 2.25. The van der Waals surface area contributed by atoms with E-state index in [1.807, 2.05) is 24.3 Å². The lowest BCUT2D eigenvalue weighted by molar-refractivity contribution is 0.372. The monoisotopic (exact) mass is 385 g/mol. The zero-order chi connectivity index (χ0) is 17.1. The summed E-state index contributed by atoms with van der Waals surface area (Å²) in [5, 5.41) is 14.5. The van der Waals surface area contributed by atoms with E-state index in [0.29, 0.717) is 29.1 Å². The quantitative estimate of drug-likeness (QED) is 0.629. The Balaban J connectivity index is 2.21. The molecule has 0 saturated carbocycles. The van der Waals surface area contributed by atoms with Crippen LogP contribution in [0.2, 0.25) is 0 Å². The molecule has 0 fully saturated rings. The van der Waals surface area contributed by atoms with E-state index in [2.05, 4.69) is 37.8 Å². The van der Waals surface area contributed by atoms with Gasteiger partial charge < -0.3 is 15.2 Å². The van der Waals surface area contributed by atoms with Gasteiger partial charge in [-0.2, -0.15) is 0 Å². The standard InChI is InChI=1S/C18H16BrN3O2/c1-3-5-13-16-14(9-15(24-2)17(13)23)20-10-21-18(16)22-12-7-4-6-11(19)8-12/h3-4,6-10,23H,1,5H2,2H3,(H,20,21,22). The second-order valence-electron chi connectivity index (χ2n) is 5.15. The lowest BCUT2D eigenvalue weighted by atomic mass is 10.0. The maximum atomic E-state index is 10.5. The zero-order valence-corrected chi connectivity index (χ0v) is 14.7. The molecule has 0 aliphatic rings. The second kappa shape index (κ2) is 6.88. The molecule has 0 spiro atoms. The number of methoxy groups -OCH3 is 1. The summed E-state index contributed by atoms with van der Waals surface area (Å²) in [6.07, 6.45) is 3.68. The zero-order valence-electron chi connectivity index (χ0n) is 13.1. The highest BCUT2D eigenvalue weighted by molar-refractivity contribution is 9.10. The number of halogens is 1. The van der Waals surface area contributed by atoms with Crippen LogP contribution in [0.4, 0.5) is 11.5 Å². The smallest absolute Gasteiger partial charge is 0.162 e. The Kier molecular flexibility index (Phi) is 4.66. The van der Waals surface area contributed by atoms with Crippen LogP contribution in [0, 0.1) is 0 Å². The van der Waals surface area contributed by atoms with Gasteiger partial charge in [0, 0.05) is 21.8 Å². The Morgan fingerprint density at radius 3 is 2.88 bits per heavy atom. The van der Waals surface area contributed by atoms with Crippen molar-refractivity contribution >= 4 is 38.3 Å². The maximum absolute atomic E-state index is 10.5. The number of hydrogen-bond acceptors (Lipinski definition) is 5. The summed E-state index contributed by atoms with van der Waals surface area (Å²) in [6.45, 7) is 3.77. The summed E-state index contributed by atoms with van der Waals surface area (Å²) in [6, 6.07) is 9.47. The van der Waals surface area contributed by atoms with Crippen LogP contribution in [0.3, 0.4) is 0 Å². The van der Waals surface area contributed by atoms with Crippen LogP contribution in [0.1, 0.15) is 5.56 Å². The maximum Gasteiger partial charge on any atom is 0.162 e. The third-order valence-corrected chi connectivity index (χ3v) is 4.11. The summed E-state index contributed by atoms with van der Waals surface area (Å²) in [5.74, 6) is 1.08. The highest BCUT2D eigenvalue weighted by Gasteiger charge is 2.17. The lowest BCUT2D eigenvalue weighted by Crippen LogP contribution is -2.00. The number of rotatable bonds is 5. The minimum absolute atomic E-state index is 0.0805. The minimum Gasteiger partial charge on any atom is -0.504 e. The summed E-state index contributed by atoms with van der Waals surface area (Å²) in [7, 11) is 1.51. The molecule has 0 unspecified atom stereocenters. The minimum atomic E-state index is 0.0805. The molecule has 2 N–H and O–H groups in total. The summed E-state index contributed by atoms with van der Waals surface area (Å²) >= 11 is 3.45. The van der Waals surface area contributed by atoms with Crippen molar-refractivity contribution in [3.63, 3.8) is 0 Å². The van der Waals surface area contributed by atoms with Gasteiger partial charge in [-0.25, -0.2) is 9.97 Å². The molecule has 3 aromatic rings. The Morgan fingerprint density at radius 2 is 2.17 bits per heavy atom. The number of benzene rings is 2. The fourth-order valence-corrected chi connectivity index (χ4v) is 2.96. The van der Waals surface area contributed by atoms with Crippen molar-refractivity contribution in [1.29, 1.82) is 0 Å². The van der Waals surface area contributed by atoms with Crippen LogP contribution in [0.15, 0.2) is 53.8 Å². The Hall–Kier alpha value is -2.60. The third-order valence-electron chi connectivity index (χ3n) is 3.62. The van der Waals surface area contributed by atoms with Crippen molar-refractivity contribution in [2.24, 2.45) is 0 Å². The highest BCUT2D eigenvalue weighted by Crippen LogP contribution is 2.39. The molecule has 2 aromatic carbocycles. The first-order valence-electron chi connectivity index (χ1n) is 7.31. The molecule has 0 amide bonds. The van der Waals surface area contributed by atoms with Gasteiger partial charge in [0.2, 0.25) is 0 Å². The molecule has 24 heavy (non-hydrogen) atoms. The van der Waals surface area contributed by atoms with Crippen LogP contribution >= 0.6 is 15.9 Å². The van der Waals surface area contributed by atoms with Gasteiger partial charge in [-0.15, -0.1) is 6.58 Å². The van der Waals surface area contributed by atoms with Gasteiger partial charge in [0.15, 0.2) is 11.5 Å². The first-order valence-corrected chi connectivity index (χ1v) is 8.10. The fourth-order valence-electron chi connectivity index (χ4n) is 2.56. The Morgan fingerprint density at radius 1 is 1.33 bits per heavy atom. The van der Waals surface area contributed by atoms with Gasteiger partial charge in [0.1, 0.15) is 12.1 Å². The van der Waals surface area contributed by atoms with E-state index in [-0.39, 0.29) is 5.75 Å². The van der Waals surface area contributed by atoms with Gasteiger partial charge in [0.05, 0.1) is 18.0 Å². The molecule has 0 radical (unpaired) electrons. The third kappa shape index (κ3) is 3.05. The van der Waals surface area contributed by atoms with Crippen molar-refractivity contribution in [3.05, 3.63) is 59.4 Å². The van der Waals surface area contributed by atoms with Crippen LogP contribution in [0.25, 0.3) is 10.9 Å². The molecule has 5 nitrogen and oxygen atoms in total. The van der Waals surface area contributed by atoms with E-state index in [0.717, 1.165) is 15.5 Å². The number of allylic oxidation sites excluding steroid dienone is 1. The van der Waals surface area contributed by atoms with E-state index >= 15 is 0 Å². The number of nitrogens with one attached hydrogen (secondary N) is 1. The predicted molar refractivity (Wildman–Crippen MR) is 99.1 cm³/mol. The van der Waals surface area contributed by atoms with E-state index in [4.69, 9.17) is 4.74 Å². The van der Waals surface area contributed by atoms with Gasteiger partial charge >= 0.3 is 0 Å². The predicted octanol–water partition coefficient (Wildman–Crippen LogP) is 4.58. The molecule has 3 rings (SSSR count). The molecule has 0 aliphatic heterocycles. The number of phenols is 1. The topological polar surface area (TPSA) is 67.3 Å². The number of fused-ring (bicyclic) bond motifs is 1. The first-order chi connectivity index (χ1) is 11.6. The number of anilines is 2. The number of aromatic hydroxyl groups is 1. The van der Waals surface area contributed by atoms with Gasteiger partial charge in [0.25, 0.3) is 0 Å². The number of nitrogens with zero attached hydrogens (tertiary/aromatic N) is 2. The molecule has 0 saturated heterocycles. The second-order valence-corrected chi connectivity index (χ2v) is 6.07. The van der Waals surface area contributed by atoms with Gasteiger partial charge in [-0.05, 0) is 24.6 Å². The van der Waals surface area contributed by atoms with Gasteiger partial charge in [-0.3, -0.25) is 0 Å². The number of aromatic nitrogens is 2. The molecule has 1 aromatic heterocycles. The Labute approximate surface area is 148 Å². The normalized spacial score (nSPS) is 10.6. The summed E-state index contributed by atoms with van der Waals surface area (Å²) in [4.78, 5) is 8.66. The molecule has 122 valence electrons. The number of ether oxygens (including phenoxy) is 1. The van der Waals surface area contributed by atoms with Crippen LogP contribution in [-0.2, 0) is 6.42 Å². The number of phenolic OH excluding ortho intramolecular Hbond substituents is 1. The fraction of sp³-hybridized carbons (Fsp3) is 0.111. The van der Waals surface area contributed by atoms with E-state index < -0.39 is 0 Å². The largest absolute Gasteiger partial charge is 0.504 e. The average Bonchev–Trinajstić information content (AvgIpc) is 2.57. The molecule has 0 bridgehead atoms. The van der Waals surface area contributed by atoms with Crippen LogP contribution in [0.5, 0.6) is 11.5 Å². The van der Waals surface area contributed by atoms with E-state index in [1.54, 1.807) is 12.1 Å². The van der Waals surface area contributed by atoms with Crippen molar-refractivity contribution in [2.45, 2.75) is 6.42 Å². The van der Waals surface area contributed by atoms with Crippen molar-refractivity contribution in [2.75, 3.05) is 12.4 Å². The molecule has 0 atom stereocenters.